The summed E-state index contributed by atoms with van der Waals surface area (Å²) in [5, 5.41) is 1.06. The van der Waals surface area contributed by atoms with Gasteiger partial charge in [0.2, 0.25) is 11.7 Å². The molecule has 5 heteroatoms. The maximum atomic E-state index is 10.8. The lowest BCUT2D eigenvalue weighted by atomic mass is 10.3. The van der Waals surface area contributed by atoms with Crippen molar-refractivity contribution in [2.75, 3.05) is 0 Å². The van der Waals surface area contributed by atoms with Gasteiger partial charge in [-0.2, -0.15) is 0 Å². The summed E-state index contributed by atoms with van der Waals surface area (Å²) in [5.41, 5.74) is 0. The maximum absolute atomic E-state index is 10.8. The second-order valence-corrected chi connectivity index (χ2v) is 2.87. The first-order valence-electron chi connectivity index (χ1n) is 3.51. The SMILES string of the molecule is CCC(=O)C(=O)NC(=O)C(C)Cl. The van der Waals surface area contributed by atoms with Gasteiger partial charge in [0.05, 0.1) is 0 Å². The van der Waals surface area contributed by atoms with Gasteiger partial charge < -0.3 is 0 Å². The zero-order chi connectivity index (χ0) is 9.72. The van der Waals surface area contributed by atoms with Crippen molar-refractivity contribution in [1.82, 2.24) is 5.32 Å². The number of ketones is 1. The number of hydrogen-bond donors (Lipinski definition) is 1. The largest absolute Gasteiger partial charge is 0.293 e. The second kappa shape index (κ2) is 4.87. The number of nitrogens with one attached hydrogen (secondary N) is 1. The van der Waals surface area contributed by atoms with Gasteiger partial charge in [0.15, 0.2) is 0 Å². The normalized spacial score (nSPS) is 11.9. The van der Waals surface area contributed by atoms with Crippen LogP contribution in [-0.4, -0.2) is 23.0 Å². The standard InChI is InChI=1S/C7H10ClNO3/c1-3-5(10)7(12)9-6(11)4(2)8/h4H,3H2,1-2H3,(H,9,11,12). The van der Waals surface area contributed by atoms with Crippen LogP contribution >= 0.6 is 11.6 Å². The van der Waals surface area contributed by atoms with Crippen molar-refractivity contribution in [3.63, 3.8) is 0 Å². The van der Waals surface area contributed by atoms with E-state index in [0.717, 1.165) is 0 Å². The first-order valence-corrected chi connectivity index (χ1v) is 3.94. The quantitative estimate of drug-likeness (QED) is 0.513. The van der Waals surface area contributed by atoms with Gasteiger partial charge in [-0.25, -0.2) is 0 Å². The average molecular weight is 192 g/mol. The Kier molecular flexibility index (Phi) is 4.51. The summed E-state index contributed by atoms with van der Waals surface area (Å²) in [6.07, 6.45) is 0.0791. The molecule has 4 nitrogen and oxygen atoms in total. The van der Waals surface area contributed by atoms with Crippen LogP contribution in [0.4, 0.5) is 0 Å². The van der Waals surface area contributed by atoms with Crippen LogP contribution in [0.25, 0.3) is 0 Å². The highest BCUT2D eigenvalue weighted by atomic mass is 35.5. The van der Waals surface area contributed by atoms with E-state index in [0.29, 0.717) is 0 Å². The third-order valence-electron chi connectivity index (χ3n) is 1.17. The number of hydrogen-bond acceptors (Lipinski definition) is 3. The Bertz CT molecular complexity index is 213. The fourth-order valence-electron chi connectivity index (χ4n) is 0.442. The molecule has 1 atom stereocenters. The number of Topliss-reactive ketones (excluding diaryl/α,β-unsaturated/α-hetero) is 1. The van der Waals surface area contributed by atoms with Crippen molar-refractivity contribution >= 4 is 29.2 Å². The van der Waals surface area contributed by atoms with Crippen LogP contribution in [-0.2, 0) is 14.4 Å². The second-order valence-electron chi connectivity index (χ2n) is 2.21. The van der Waals surface area contributed by atoms with Crippen molar-refractivity contribution in [2.45, 2.75) is 25.6 Å². The van der Waals surface area contributed by atoms with Crippen molar-refractivity contribution < 1.29 is 14.4 Å². The summed E-state index contributed by atoms with van der Waals surface area (Å²) in [6.45, 7) is 2.96. The average Bonchev–Trinajstić information content (AvgIpc) is 2.02. The van der Waals surface area contributed by atoms with E-state index < -0.39 is 23.0 Å². The van der Waals surface area contributed by atoms with Crippen LogP contribution in [0.3, 0.4) is 0 Å². The van der Waals surface area contributed by atoms with E-state index in [2.05, 4.69) is 0 Å². The number of imide groups is 1. The summed E-state index contributed by atoms with van der Waals surface area (Å²) in [6, 6.07) is 0. The number of halogens is 1. The van der Waals surface area contributed by atoms with E-state index in [1.165, 1.54) is 13.8 Å². The van der Waals surface area contributed by atoms with Crippen LogP contribution in [0.2, 0.25) is 0 Å². The first kappa shape index (κ1) is 11.1. The van der Waals surface area contributed by atoms with Gasteiger partial charge in [0.1, 0.15) is 5.38 Å². The van der Waals surface area contributed by atoms with Crippen LogP contribution in [0, 0.1) is 0 Å². The molecule has 0 saturated carbocycles. The van der Waals surface area contributed by atoms with Crippen LogP contribution in [0.15, 0.2) is 0 Å². The highest BCUT2D eigenvalue weighted by molar-refractivity contribution is 6.41. The molecule has 0 rings (SSSR count). The minimum Gasteiger partial charge on any atom is -0.289 e. The molecule has 68 valence electrons. The highest BCUT2D eigenvalue weighted by Gasteiger charge is 2.17. The molecule has 0 aromatic carbocycles. The molecule has 0 aromatic rings. The predicted molar refractivity (Wildman–Crippen MR) is 43.8 cm³/mol. The van der Waals surface area contributed by atoms with Gasteiger partial charge >= 0.3 is 0 Å². The number of carbonyl (C=O) groups is 3. The van der Waals surface area contributed by atoms with Crippen LogP contribution in [0.5, 0.6) is 0 Å². The molecule has 1 N–H and O–H groups in total. The van der Waals surface area contributed by atoms with Gasteiger partial charge in [-0.05, 0) is 6.92 Å². The Morgan fingerprint density at radius 2 is 1.92 bits per heavy atom. The highest BCUT2D eigenvalue weighted by Crippen LogP contribution is 1.92. The van der Waals surface area contributed by atoms with E-state index >= 15 is 0 Å². The number of alkyl halides is 1. The summed E-state index contributed by atoms with van der Waals surface area (Å²) in [4.78, 5) is 32.2. The van der Waals surface area contributed by atoms with Crippen molar-refractivity contribution in [1.29, 1.82) is 0 Å². The van der Waals surface area contributed by atoms with Gasteiger partial charge in [-0.1, -0.05) is 6.92 Å². The fourth-order valence-corrected chi connectivity index (χ4v) is 0.496. The van der Waals surface area contributed by atoms with E-state index in [1.54, 1.807) is 0 Å². The number of amides is 2. The first-order chi connectivity index (χ1) is 5.49. The molecule has 1 unspecified atom stereocenters. The van der Waals surface area contributed by atoms with Crippen LogP contribution in [0.1, 0.15) is 20.3 Å². The molecule has 0 bridgehead atoms. The lowest BCUT2D eigenvalue weighted by Crippen LogP contribution is -2.39. The number of carbonyl (C=O) groups excluding carboxylic acids is 3. The molecule has 0 aliphatic heterocycles. The Hall–Kier alpha value is -0.900. The lowest BCUT2D eigenvalue weighted by molar-refractivity contribution is -0.140. The van der Waals surface area contributed by atoms with E-state index in [1.807, 2.05) is 5.32 Å². The molecule has 0 aromatic heterocycles. The smallest absolute Gasteiger partial charge is 0.289 e. The van der Waals surface area contributed by atoms with Gasteiger partial charge in [-0.15, -0.1) is 11.6 Å². The summed E-state index contributed by atoms with van der Waals surface area (Å²) in [7, 11) is 0. The Labute approximate surface area is 75.3 Å². The minimum absolute atomic E-state index is 0.0791. The molecule has 12 heavy (non-hydrogen) atoms. The topological polar surface area (TPSA) is 63.2 Å². The zero-order valence-corrected chi connectivity index (χ0v) is 7.64. The van der Waals surface area contributed by atoms with Crippen molar-refractivity contribution in [3.05, 3.63) is 0 Å². The molecule has 0 aliphatic carbocycles. The Morgan fingerprint density at radius 3 is 2.25 bits per heavy atom. The molecule has 0 spiro atoms. The third kappa shape index (κ3) is 3.48. The van der Waals surface area contributed by atoms with Crippen molar-refractivity contribution in [3.8, 4) is 0 Å². The summed E-state index contributed by atoms with van der Waals surface area (Å²) >= 11 is 5.34. The molecule has 0 saturated heterocycles. The van der Waals surface area contributed by atoms with Crippen LogP contribution < -0.4 is 5.32 Å². The predicted octanol–water partition coefficient (Wildman–Crippen LogP) is 0.236. The summed E-state index contributed by atoms with van der Waals surface area (Å²) < 4.78 is 0. The van der Waals surface area contributed by atoms with Crippen molar-refractivity contribution in [2.24, 2.45) is 0 Å². The molecular weight excluding hydrogens is 182 g/mol. The lowest BCUT2D eigenvalue weighted by Gasteiger charge is -2.02. The summed E-state index contributed by atoms with van der Waals surface area (Å²) in [5.74, 6) is -2.17. The zero-order valence-electron chi connectivity index (χ0n) is 6.89. The van der Waals surface area contributed by atoms with Gasteiger partial charge in [0.25, 0.3) is 5.91 Å². The van der Waals surface area contributed by atoms with Gasteiger partial charge in [-0.3, -0.25) is 19.7 Å². The minimum atomic E-state index is -0.894. The molecule has 0 fully saturated rings. The van der Waals surface area contributed by atoms with E-state index in [4.69, 9.17) is 11.6 Å². The monoisotopic (exact) mass is 191 g/mol. The molecule has 2 amide bonds. The van der Waals surface area contributed by atoms with Gasteiger partial charge in [0, 0.05) is 6.42 Å². The molecule has 0 aliphatic rings. The maximum Gasteiger partial charge on any atom is 0.293 e. The molecular formula is C7H10ClNO3. The third-order valence-corrected chi connectivity index (χ3v) is 1.37. The fraction of sp³-hybridized carbons (Fsp3) is 0.571. The Balaban J connectivity index is 4.02. The molecule has 0 heterocycles. The van der Waals surface area contributed by atoms with E-state index in [9.17, 15) is 14.4 Å². The van der Waals surface area contributed by atoms with E-state index in [-0.39, 0.29) is 6.42 Å². The number of rotatable bonds is 3. The molecule has 0 radical (unpaired) electrons. The Morgan fingerprint density at radius 1 is 1.42 bits per heavy atom.